The van der Waals surface area contributed by atoms with Gasteiger partial charge in [-0.05, 0) is 71.8 Å². The fraction of sp³-hybridized carbons (Fsp3) is 0.0455. The number of hydrogen-bond acceptors (Lipinski definition) is 0. The smallest absolute Gasteiger partial charge is 0.0622 e. The Morgan fingerprint density at radius 3 is 1.49 bits per heavy atom. The second kappa shape index (κ2) is 11.0. The number of hydrogen-bond donors (Lipinski definition) is 0. The molecule has 8 aromatic carbocycles. The van der Waals surface area contributed by atoms with Gasteiger partial charge in [-0.3, -0.25) is 0 Å². The van der Waals surface area contributed by atoms with Gasteiger partial charge in [0.1, 0.15) is 8.07 Å². The Bertz CT molecular complexity index is 2320. The molecule has 0 atom stereocenters. The molecule has 0 amide bonds. The van der Waals surface area contributed by atoms with E-state index in [-0.39, 0.29) is 0 Å². The summed E-state index contributed by atoms with van der Waals surface area (Å²) in [7, 11) is -1.91. The van der Waals surface area contributed by atoms with Crippen molar-refractivity contribution in [1.29, 1.82) is 0 Å². The first kappa shape index (κ1) is 27.3. The van der Waals surface area contributed by atoms with Crippen LogP contribution in [0.5, 0.6) is 0 Å². The van der Waals surface area contributed by atoms with Crippen LogP contribution in [0.4, 0.5) is 0 Å². The fourth-order valence-electron chi connectivity index (χ4n) is 7.01. The molecule has 0 aliphatic rings. The minimum atomic E-state index is -1.91. The van der Waals surface area contributed by atoms with Gasteiger partial charge in [-0.1, -0.05) is 187 Å². The van der Waals surface area contributed by atoms with Crippen LogP contribution in [-0.2, 0) is 0 Å². The zero-order valence-electron chi connectivity index (χ0n) is 25.7. The molecule has 0 spiro atoms. The highest BCUT2D eigenvalue weighted by Crippen LogP contribution is 2.44. The average Bonchev–Trinajstić information content (AvgIpc) is 3.11. The molecule has 8 aromatic rings. The van der Waals surface area contributed by atoms with Crippen LogP contribution < -0.4 is 10.4 Å². The Hall–Kier alpha value is -5.24. The van der Waals surface area contributed by atoms with E-state index in [2.05, 4.69) is 183 Å². The van der Waals surface area contributed by atoms with Crippen molar-refractivity contribution in [3.05, 3.63) is 170 Å². The van der Waals surface area contributed by atoms with E-state index in [4.69, 9.17) is 0 Å². The zero-order chi connectivity index (χ0) is 30.4. The lowest BCUT2D eigenvalue weighted by Crippen LogP contribution is -2.52. The summed E-state index contributed by atoms with van der Waals surface area (Å²) in [5.74, 6) is 0. The van der Waals surface area contributed by atoms with E-state index in [9.17, 15) is 0 Å². The monoisotopic (exact) mass is 590 g/mol. The average molecular weight is 591 g/mol. The van der Waals surface area contributed by atoms with Crippen molar-refractivity contribution in [2.75, 3.05) is 0 Å². The minimum absolute atomic E-state index is 1.23. The van der Waals surface area contributed by atoms with Gasteiger partial charge in [0.05, 0.1) is 0 Å². The van der Waals surface area contributed by atoms with Crippen LogP contribution in [0.2, 0.25) is 13.1 Å². The lowest BCUT2D eigenvalue weighted by Gasteiger charge is -2.25. The van der Waals surface area contributed by atoms with Gasteiger partial charge >= 0.3 is 0 Å². The van der Waals surface area contributed by atoms with E-state index < -0.39 is 8.07 Å². The summed E-state index contributed by atoms with van der Waals surface area (Å²) < 4.78 is 0. The molecule has 1 heteroatoms. The molecule has 0 aliphatic heterocycles. The van der Waals surface area contributed by atoms with E-state index in [1.54, 1.807) is 0 Å². The van der Waals surface area contributed by atoms with Crippen LogP contribution in [-0.4, -0.2) is 8.07 Å². The second-order valence-corrected chi connectivity index (χ2v) is 17.0. The Labute approximate surface area is 266 Å². The maximum Gasteiger partial charge on any atom is 0.112 e. The third kappa shape index (κ3) is 4.77. The summed E-state index contributed by atoms with van der Waals surface area (Å²) >= 11 is 0. The molecule has 0 aliphatic carbocycles. The van der Waals surface area contributed by atoms with Crippen LogP contribution >= 0.6 is 0 Å². The summed E-state index contributed by atoms with van der Waals surface area (Å²) in [5.41, 5.74) is 7.57. The summed E-state index contributed by atoms with van der Waals surface area (Å²) in [6, 6.07) is 62.8. The molecule has 0 fully saturated rings. The van der Waals surface area contributed by atoms with Crippen molar-refractivity contribution in [1.82, 2.24) is 0 Å². The van der Waals surface area contributed by atoms with Gasteiger partial charge in [0, 0.05) is 0 Å². The second-order valence-electron chi connectivity index (χ2n) is 12.6. The third-order valence-electron chi connectivity index (χ3n) is 9.56. The summed E-state index contributed by atoms with van der Waals surface area (Å²) in [4.78, 5) is 0. The third-order valence-corrected chi connectivity index (χ3v) is 13.1. The largest absolute Gasteiger partial charge is 0.112 e. The van der Waals surface area contributed by atoms with Crippen LogP contribution in [0.1, 0.15) is 0 Å². The summed E-state index contributed by atoms with van der Waals surface area (Å²) in [5, 5.41) is 10.7. The first-order chi connectivity index (χ1) is 22.1. The first-order valence-corrected chi connectivity index (χ1v) is 18.8. The molecule has 8 rings (SSSR count). The molecule has 0 unspecified atom stereocenters. The molecule has 214 valence electrons. The van der Waals surface area contributed by atoms with Gasteiger partial charge in [-0.25, -0.2) is 0 Å². The molecular weight excluding hydrogens is 557 g/mol. The van der Waals surface area contributed by atoms with Gasteiger partial charge in [0.2, 0.25) is 0 Å². The van der Waals surface area contributed by atoms with Crippen LogP contribution in [0.3, 0.4) is 0 Å². The molecule has 0 saturated heterocycles. The molecule has 45 heavy (non-hydrogen) atoms. The first-order valence-electron chi connectivity index (χ1n) is 15.8. The standard InChI is InChI=1S/C44H34Si/c1-45(2,38-27-21-32-15-9-10-18-35(32)29-38)37-25-22-34(23-26-37)44-40-20-12-11-19-39(40)43(33-16-7-4-8-17-33)41-28-24-36(30-42(41)44)31-13-5-3-6-14-31/h3-30H,1-2H3. The lowest BCUT2D eigenvalue weighted by atomic mass is 9.85. The Morgan fingerprint density at radius 1 is 0.311 bits per heavy atom. The predicted octanol–water partition coefficient (Wildman–Crippen LogP) is 11.0. The van der Waals surface area contributed by atoms with Crippen molar-refractivity contribution in [2.45, 2.75) is 13.1 Å². The normalized spacial score (nSPS) is 11.8. The Kier molecular flexibility index (Phi) is 6.70. The Morgan fingerprint density at radius 2 is 0.800 bits per heavy atom. The molecule has 0 heterocycles. The SMILES string of the molecule is C[Si](C)(c1ccc(-c2c3ccccc3c(-c3ccccc3)c3ccc(-c4ccccc4)cc23)cc1)c1ccc2ccccc2c1. The van der Waals surface area contributed by atoms with E-state index in [0.29, 0.717) is 0 Å². The molecule has 0 radical (unpaired) electrons. The van der Waals surface area contributed by atoms with E-state index in [1.807, 2.05) is 0 Å². The minimum Gasteiger partial charge on any atom is -0.0622 e. The predicted molar refractivity (Wildman–Crippen MR) is 198 cm³/mol. The number of rotatable bonds is 5. The van der Waals surface area contributed by atoms with E-state index in [1.165, 1.54) is 76.1 Å². The highest BCUT2D eigenvalue weighted by molar-refractivity contribution is 7.00. The number of benzene rings is 8. The van der Waals surface area contributed by atoms with Gasteiger partial charge < -0.3 is 0 Å². The topological polar surface area (TPSA) is 0 Å². The van der Waals surface area contributed by atoms with E-state index in [0.717, 1.165) is 0 Å². The molecule has 0 saturated carbocycles. The summed E-state index contributed by atoms with van der Waals surface area (Å²) in [6.07, 6.45) is 0. The highest BCUT2D eigenvalue weighted by Gasteiger charge is 2.26. The van der Waals surface area contributed by atoms with Crippen molar-refractivity contribution < 1.29 is 0 Å². The lowest BCUT2D eigenvalue weighted by molar-refractivity contribution is 1.63. The van der Waals surface area contributed by atoms with Crippen LogP contribution in [0.25, 0.3) is 65.7 Å². The summed E-state index contributed by atoms with van der Waals surface area (Å²) in [6.45, 7) is 4.94. The Balaban J connectivity index is 1.34. The number of fused-ring (bicyclic) bond motifs is 3. The molecular formula is C44H34Si. The van der Waals surface area contributed by atoms with Crippen molar-refractivity contribution in [3.8, 4) is 33.4 Å². The maximum absolute atomic E-state index is 2.47. The van der Waals surface area contributed by atoms with Crippen molar-refractivity contribution in [3.63, 3.8) is 0 Å². The molecule has 0 aromatic heterocycles. The van der Waals surface area contributed by atoms with Gasteiger partial charge in [0.25, 0.3) is 0 Å². The maximum atomic E-state index is 2.47. The zero-order valence-corrected chi connectivity index (χ0v) is 26.7. The van der Waals surface area contributed by atoms with Crippen molar-refractivity contribution in [2.24, 2.45) is 0 Å². The molecule has 0 N–H and O–H groups in total. The van der Waals surface area contributed by atoms with Gasteiger partial charge in [-0.2, -0.15) is 0 Å². The van der Waals surface area contributed by atoms with Gasteiger partial charge in [-0.15, -0.1) is 0 Å². The van der Waals surface area contributed by atoms with Gasteiger partial charge in [0.15, 0.2) is 0 Å². The van der Waals surface area contributed by atoms with Crippen molar-refractivity contribution >= 4 is 50.8 Å². The van der Waals surface area contributed by atoms with Crippen LogP contribution in [0, 0.1) is 0 Å². The molecule has 0 nitrogen and oxygen atoms in total. The molecule has 0 bridgehead atoms. The van der Waals surface area contributed by atoms with Crippen LogP contribution in [0.15, 0.2) is 170 Å². The van der Waals surface area contributed by atoms with E-state index >= 15 is 0 Å². The highest BCUT2D eigenvalue weighted by atomic mass is 28.3. The fourth-order valence-corrected chi connectivity index (χ4v) is 9.36. The quantitative estimate of drug-likeness (QED) is 0.138.